The average Bonchev–Trinajstić information content (AvgIpc) is 3.55. The standard InChI is InChI=1S/C31H38FN3O3/c1-38-23-9-11-24-22(18-23)20-34(15-14-33-12-4-5-13-33)16-17-35-28-19-21(31(36)37)8-10-26(28)29(30(24)35)25-6-2-3-7-27(25)32/h8-11,18-19,25,27H,2-7,12-17,20H2,1H3,(H,36,37)/t25-,27-/m0/s1. The quantitative estimate of drug-likeness (QED) is 0.438. The molecular formula is C31H38FN3O3. The maximum Gasteiger partial charge on any atom is 0.335 e. The van der Waals surface area contributed by atoms with E-state index in [1.807, 2.05) is 12.1 Å². The number of carboxylic acid groups (broad SMARTS) is 1. The van der Waals surface area contributed by atoms with E-state index in [0.717, 1.165) is 85.5 Å². The molecule has 202 valence electrons. The van der Waals surface area contributed by atoms with Crippen LogP contribution in [-0.2, 0) is 13.1 Å². The number of ether oxygens (including phenoxy) is 1. The first kappa shape index (κ1) is 25.4. The van der Waals surface area contributed by atoms with Crippen LogP contribution in [0.25, 0.3) is 22.2 Å². The number of rotatable bonds is 6. The van der Waals surface area contributed by atoms with Crippen molar-refractivity contribution in [3.05, 3.63) is 53.1 Å². The van der Waals surface area contributed by atoms with Gasteiger partial charge in [0.05, 0.1) is 18.4 Å². The molecule has 0 amide bonds. The molecule has 1 N–H and O–H groups in total. The van der Waals surface area contributed by atoms with Gasteiger partial charge < -0.3 is 19.3 Å². The van der Waals surface area contributed by atoms with Crippen molar-refractivity contribution in [3.8, 4) is 17.0 Å². The Bertz CT molecular complexity index is 1330. The van der Waals surface area contributed by atoms with Gasteiger partial charge >= 0.3 is 5.97 Å². The molecule has 6 nitrogen and oxygen atoms in total. The molecule has 0 bridgehead atoms. The van der Waals surface area contributed by atoms with Gasteiger partial charge in [-0.15, -0.1) is 0 Å². The molecule has 0 spiro atoms. The minimum atomic E-state index is -0.937. The highest BCUT2D eigenvalue weighted by Crippen LogP contribution is 2.47. The van der Waals surface area contributed by atoms with Gasteiger partial charge in [0.2, 0.25) is 0 Å². The molecule has 7 heteroatoms. The van der Waals surface area contributed by atoms with Crippen molar-refractivity contribution < 1.29 is 19.0 Å². The van der Waals surface area contributed by atoms with Crippen molar-refractivity contribution in [1.29, 1.82) is 0 Å². The van der Waals surface area contributed by atoms with Crippen LogP contribution < -0.4 is 4.74 Å². The molecule has 2 aliphatic heterocycles. The van der Waals surface area contributed by atoms with Crippen LogP contribution in [0.15, 0.2) is 36.4 Å². The number of fused-ring (bicyclic) bond motifs is 5. The van der Waals surface area contributed by atoms with E-state index in [1.54, 1.807) is 19.2 Å². The van der Waals surface area contributed by atoms with Gasteiger partial charge in [-0.3, -0.25) is 4.90 Å². The van der Waals surface area contributed by atoms with Gasteiger partial charge in [-0.1, -0.05) is 18.9 Å². The fourth-order valence-electron chi connectivity index (χ4n) is 6.92. The number of aromatic carboxylic acids is 1. The Labute approximate surface area is 224 Å². The van der Waals surface area contributed by atoms with Crippen molar-refractivity contribution >= 4 is 16.9 Å². The molecule has 38 heavy (non-hydrogen) atoms. The second kappa shape index (κ2) is 10.7. The SMILES string of the molecule is COc1ccc2c(c1)CN(CCN1CCCC1)CCn1c-2c([C@H]2CCCC[C@@H]2F)c2ccc(C(=O)O)cc21. The lowest BCUT2D eigenvalue weighted by molar-refractivity contribution is 0.0697. The number of carbonyl (C=O) groups is 1. The van der Waals surface area contributed by atoms with E-state index in [0.29, 0.717) is 6.42 Å². The lowest BCUT2D eigenvalue weighted by Crippen LogP contribution is -2.36. The Kier molecular flexibility index (Phi) is 7.14. The highest BCUT2D eigenvalue weighted by Gasteiger charge is 2.34. The zero-order valence-corrected chi connectivity index (χ0v) is 22.3. The Morgan fingerprint density at radius 1 is 0.974 bits per heavy atom. The molecule has 2 aromatic carbocycles. The van der Waals surface area contributed by atoms with Crippen LogP contribution in [-0.4, -0.2) is 71.4 Å². The number of methoxy groups -OCH3 is 1. The van der Waals surface area contributed by atoms with Crippen molar-refractivity contribution in [2.45, 2.75) is 63.7 Å². The normalized spacial score (nSPS) is 22.6. The van der Waals surface area contributed by atoms with E-state index in [2.05, 4.69) is 26.5 Å². The third-order valence-electron chi connectivity index (χ3n) is 8.94. The van der Waals surface area contributed by atoms with Gasteiger partial charge in [-0.05, 0) is 80.2 Å². The van der Waals surface area contributed by atoms with Gasteiger partial charge in [0, 0.05) is 55.1 Å². The first-order valence-electron chi connectivity index (χ1n) is 14.2. The molecule has 1 saturated carbocycles. The molecular weight excluding hydrogens is 481 g/mol. The van der Waals surface area contributed by atoms with E-state index >= 15 is 4.39 Å². The maximum absolute atomic E-state index is 15.6. The van der Waals surface area contributed by atoms with Crippen LogP contribution >= 0.6 is 0 Å². The summed E-state index contributed by atoms with van der Waals surface area (Å²) in [5, 5.41) is 10.8. The molecule has 1 saturated heterocycles. The number of likely N-dealkylation sites (tertiary alicyclic amines) is 1. The second-order valence-electron chi connectivity index (χ2n) is 11.2. The third kappa shape index (κ3) is 4.71. The van der Waals surface area contributed by atoms with Crippen LogP contribution in [0.3, 0.4) is 0 Å². The second-order valence-corrected chi connectivity index (χ2v) is 11.2. The fraction of sp³-hybridized carbons (Fsp3) is 0.516. The molecule has 3 heterocycles. The van der Waals surface area contributed by atoms with Gasteiger partial charge in [-0.25, -0.2) is 9.18 Å². The number of aromatic nitrogens is 1. The number of alkyl halides is 1. The molecule has 0 radical (unpaired) electrons. The summed E-state index contributed by atoms with van der Waals surface area (Å²) in [6, 6.07) is 11.6. The Hall–Kier alpha value is -2.90. The summed E-state index contributed by atoms with van der Waals surface area (Å²) >= 11 is 0. The number of halogens is 1. The smallest absolute Gasteiger partial charge is 0.335 e. The van der Waals surface area contributed by atoms with Crippen LogP contribution in [0.1, 0.15) is 65.9 Å². The van der Waals surface area contributed by atoms with E-state index in [-0.39, 0.29) is 11.5 Å². The molecule has 2 atom stereocenters. The molecule has 3 aromatic rings. The number of nitrogens with zero attached hydrogens (tertiary/aromatic N) is 3. The number of carboxylic acids is 1. The Morgan fingerprint density at radius 2 is 1.76 bits per heavy atom. The summed E-state index contributed by atoms with van der Waals surface area (Å²) in [7, 11) is 1.70. The van der Waals surface area contributed by atoms with Gasteiger partial charge in [0.25, 0.3) is 0 Å². The van der Waals surface area contributed by atoms with Gasteiger partial charge in [0.15, 0.2) is 0 Å². The first-order chi connectivity index (χ1) is 18.5. The topological polar surface area (TPSA) is 57.9 Å². The van der Waals surface area contributed by atoms with Crippen molar-refractivity contribution in [2.24, 2.45) is 0 Å². The van der Waals surface area contributed by atoms with E-state index in [9.17, 15) is 9.90 Å². The fourth-order valence-corrected chi connectivity index (χ4v) is 6.92. The monoisotopic (exact) mass is 519 g/mol. The van der Waals surface area contributed by atoms with Crippen molar-refractivity contribution in [3.63, 3.8) is 0 Å². The van der Waals surface area contributed by atoms with Crippen molar-refractivity contribution in [2.75, 3.05) is 39.8 Å². The van der Waals surface area contributed by atoms with Gasteiger partial charge in [0.1, 0.15) is 11.9 Å². The highest BCUT2D eigenvalue weighted by atomic mass is 19.1. The summed E-state index contributed by atoms with van der Waals surface area (Å²) in [6.07, 6.45) is 5.03. The van der Waals surface area contributed by atoms with Crippen LogP contribution in [0, 0.1) is 0 Å². The minimum Gasteiger partial charge on any atom is -0.497 e. The van der Waals surface area contributed by atoms with E-state index in [1.165, 1.54) is 31.5 Å². The third-order valence-corrected chi connectivity index (χ3v) is 8.94. The Balaban J connectivity index is 1.51. The summed E-state index contributed by atoms with van der Waals surface area (Å²) in [5.41, 5.74) is 5.58. The predicted octanol–water partition coefficient (Wildman–Crippen LogP) is 5.92. The van der Waals surface area contributed by atoms with Crippen LogP contribution in [0.2, 0.25) is 0 Å². The molecule has 6 rings (SSSR count). The first-order valence-corrected chi connectivity index (χ1v) is 14.2. The molecule has 3 aliphatic rings. The number of benzene rings is 2. The number of hydrogen-bond donors (Lipinski definition) is 1. The van der Waals surface area contributed by atoms with Crippen LogP contribution in [0.5, 0.6) is 5.75 Å². The largest absolute Gasteiger partial charge is 0.497 e. The summed E-state index contributed by atoms with van der Waals surface area (Å²) in [4.78, 5) is 17.0. The van der Waals surface area contributed by atoms with Crippen LogP contribution in [0.4, 0.5) is 4.39 Å². The summed E-state index contributed by atoms with van der Waals surface area (Å²) in [6.45, 7) is 6.79. The minimum absolute atomic E-state index is 0.182. The zero-order valence-electron chi connectivity index (χ0n) is 22.3. The number of hydrogen-bond acceptors (Lipinski definition) is 4. The zero-order chi connectivity index (χ0) is 26.2. The highest BCUT2D eigenvalue weighted by molar-refractivity contribution is 5.98. The summed E-state index contributed by atoms with van der Waals surface area (Å²) in [5.74, 6) is -0.297. The molecule has 2 fully saturated rings. The van der Waals surface area contributed by atoms with Crippen molar-refractivity contribution in [1.82, 2.24) is 14.4 Å². The lowest BCUT2D eigenvalue weighted by Gasteiger charge is -2.31. The lowest BCUT2D eigenvalue weighted by atomic mass is 9.80. The molecule has 1 aliphatic carbocycles. The van der Waals surface area contributed by atoms with E-state index in [4.69, 9.17) is 4.74 Å². The molecule has 0 unspecified atom stereocenters. The van der Waals surface area contributed by atoms with Gasteiger partial charge in [-0.2, -0.15) is 0 Å². The summed E-state index contributed by atoms with van der Waals surface area (Å²) < 4.78 is 23.5. The molecule has 1 aromatic heterocycles. The Morgan fingerprint density at radius 3 is 2.53 bits per heavy atom. The van der Waals surface area contributed by atoms with E-state index < -0.39 is 12.1 Å². The maximum atomic E-state index is 15.6. The predicted molar refractivity (Wildman–Crippen MR) is 148 cm³/mol. The average molecular weight is 520 g/mol.